The van der Waals surface area contributed by atoms with Crippen LogP contribution in [-0.4, -0.2) is 29.0 Å². The first-order valence-electron chi connectivity index (χ1n) is 10.8. The molecule has 8 heteroatoms. The molecule has 7 nitrogen and oxygen atoms in total. The van der Waals surface area contributed by atoms with E-state index in [-0.39, 0.29) is 12.1 Å². The zero-order chi connectivity index (χ0) is 23.2. The molecule has 1 aromatic heterocycles. The Kier molecular flexibility index (Phi) is 4.92. The molecule has 4 aromatic rings. The van der Waals surface area contributed by atoms with Gasteiger partial charge >= 0.3 is 0 Å². The molecule has 2 atom stereocenters. The van der Waals surface area contributed by atoms with E-state index >= 15 is 0 Å². The van der Waals surface area contributed by atoms with E-state index in [4.69, 9.17) is 25.8 Å². The minimum Gasteiger partial charge on any atom is -0.497 e. The Labute approximate surface area is 201 Å². The van der Waals surface area contributed by atoms with E-state index in [9.17, 15) is 0 Å². The number of nitrogens with zero attached hydrogens (tertiary/aromatic N) is 3. The number of hydrogen-bond acceptors (Lipinski definition) is 6. The number of halogens is 1. The third-order valence-electron chi connectivity index (χ3n) is 6.23. The van der Waals surface area contributed by atoms with Crippen LogP contribution in [0.3, 0.4) is 0 Å². The number of fused-ring (bicyclic) bond motifs is 3. The van der Waals surface area contributed by atoms with Crippen molar-refractivity contribution in [3.05, 3.63) is 100 Å². The molecule has 0 bridgehead atoms. The molecule has 0 unspecified atom stereocenters. The molecule has 1 N–H and O–H groups in total. The van der Waals surface area contributed by atoms with E-state index in [1.54, 1.807) is 20.5 Å². The number of hydrogen-bond donors (Lipinski definition) is 1. The highest BCUT2D eigenvalue weighted by Gasteiger charge is 2.41. The number of rotatable bonds is 4. The summed E-state index contributed by atoms with van der Waals surface area (Å²) in [6, 6.07) is 21.3. The van der Waals surface area contributed by atoms with Gasteiger partial charge in [-0.3, -0.25) is 0 Å². The highest BCUT2D eigenvalue weighted by atomic mass is 35.5. The van der Waals surface area contributed by atoms with Crippen LogP contribution in [0.25, 0.3) is 5.70 Å². The van der Waals surface area contributed by atoms with E-state index in [2.05, 4.69) is 15.4 Å². The molecule has 34 heavy (non-hydrogen) atoms. The fourth-order valence-corrected chi connectivity index (χ4v) is 4.77. The summed E-state index contributed by atoms with van der Waals surface area (Å²) in [5.74, 6) is 2.97. The van der Waals surface area contributed by atoms with Crippen LogP contribution in [-0.2, 0) is 0 Å². The first kappa shape index (κ1) is 20.6. The van der Waals surface area contributed by atoms with Gasteiger partial charge in [0.25, 0.3) is 0 Å². The van der Waals surface area contributed by atoms with E-state index in [0.29, 0.717) is 11.0 Å². The van der Waals surface area contributed by atoms with Gasteiger partial charge in [0.15, 0.2) is 0 Å². The fraction of sp³-hybridized carbons (Fsp3) is 0.154. The number of anilines is 1. The normalized spacial score (nSPS) is 18.2. The second kappa shape index (κ2) is 8.11. The molecule has 0 saturated carbocycles. The lowest BCUT2D eigenvalue weighted by atomic mass is 9.84. The minimum atomic E-state index is -0.369. The van der Waals surface area contributed by atoms with Crippen LogP contribution in [0, 0.1) is 0 Å². The zero-order valence-electron chi connectivity index (χ0n) is 18.5. The van der Waals surface area contributed by atoms with Crippen molar-refractivity contribution in [3.8, 4) is 17.2 Å². The standard InChI is InChI=1S/C26H21ClN4O3/c1-32-18-8-3-15(4-9-18)24-22-23(30-26-28-14-29-31(24)26)20-13-17(27)7-12-21(20)34-25(22)16-5-10-19(33-2)11-6-16/h3-14,24-25H,1-2H3,(H,28,29,30)/t24-,25-/m1/s1. The smallest absolute Gasteiger partial charge is 0.226 e. The Bertz CT molecular complexity index is 1400. The largest absolute Gasteiger partial charge is 0.497 e. The quantitative estimate of drug-likeness (QED) is 0.422. The van der Waals surface area contributed by atoms with Crippen LogP contribution in [0.4, 0.5) is 5.95 Å². The fourth-order valence-electron chi connectivity index (χ4n) is 4.60. The Morgan fingerprint density at radius 2 is 1.59 bits per heavy atom. The molecule has 2 aliphatic heterocycles. The third kappa shape index (κ3) is 3.28. The summed E-state index contributed by atoms with van der Waals surface area (Å²) < 4.78 is 19.3. The first-order valence-corrected chi connectivity index (χ1v) is 11.2. The Hall–Kier alpha value is -3.97. The lowest BCUT2D eigenvalue weighted by Crippen LogP contribution is -2.32. The van der Waals surface area contributed by atoms with Crippen LogP contribution in [0.2, 0.25) is 5.02 Å². The van der Waals surface area contributed by atoms with Crippen molar-refractivity contribution < 1.29 is 14.2 Å². The number of benzene rings is 3. The van der Waals surface area contributed by atoms with Gasteiger partial charge in [0.2, 0.25) is 5.95 Å². The molecule has 3 aromatic carbocycles. The van der Waals surface area contributed by atoms with E-state index in [0.717, 1.165) is 45.2 Å². The maximum absolute atomic E-state index is 6.62. The van der Waals surface area contributed by atoms with Crippen molar-refractivity contribution >= 4 is 23.2 Å². The lowest BCUT2D eigenvalue weighted by molar-refractivity contribution is 0.223. The highest BCUT2D eigenvalue weighted by molar-refractivity contribution is 6.30. The van der Waals surface area contributed by atoms with Gasteiger partial charge < -0.3 is 19.5 Å². The number of ether oxygens (including phenoxy) is 3. The summed E-state index contributed by atoms with van der Waals surface area (Å²) in [5.41, 5.74) is 4.86. The average Bonchev–Trinajstić information content (AvgIpc) is 3.35. The molecule has 6 rings (SSSR count). The van der Waals surface area contributed by atoms with E-state index < -0.39 is 0 Å². The van der Waals surface area contributed by atoms with Crippen molar-refractivity contribution in [1.29, 1.82) is 0 Å². The van der Waals surface area contributed by atoms with Gasteiger partial charge in [-0.1, -0.05) is 35.9 Å². The second-order valence-corrected chi connectivity index (χ2v) is 8.51. The monoisotopic (exact) mass is 472 g/mol. The Morgan fingerprint density at radius 1 is 0.912 bits per heavy atom. The van der Waals surface area contributed by atoms with E-state index in [1.165, 1.54) is 0 Å². The van der Waals surface area contributed by atoms with Crippen molar-refractivity contribution in [2.45, 2.75) is 12.1 Å². The molecule has 3 heterocycles. The van der Waals surface area contributed by atoms with Crippen LogP contribution in [0.5, 0.6) is 17.2 Å². The van der Waals surface area contributed by atoms with Crippen LogP contribution < -0.4 is 19.5 Å². The third-order valence-corrected chi connectivity index (χ3v) is 6.46. The van der Waals surface area contributed by atoms with Crippen LogP contribution in [0.15, 0.2) is 78.6 Å². The molecule has 0 fully saturated rings. The topological polar surface area (TPSA) is 70.4 Å². The van der Waals surface area contributed by atoms with Crippen molar-refractivity contribution in [2.75, 3.05) is 19.5 Å². The van der Waals surface area contributed by atoms with Crippen molar-refractivity contribution in [2.24, 2.45) is 0 Å². The summed E-state index contributed by atoms with van der Waals surface area (Å²) in [7, 11) is 3.31. The van der Waals surface area contributed by atoms with Gasteiger partial charge in [0.1, 0.15) is 35.7 Å². The maximum Gasteiger partial charge on any atom is 0.226 e. The van der Waals surface area contributed by atoms with Crippen LogP contribution >= 0.6 is 11.6 Å². The number of nitrogens with one attached hydrogen (secondary N) is 1. The number of methoxy groups -OCH3 is 2. The first-order chi connectivity index (χ1) is 16.7. The van der Waals surface area contributed by atoms with Gasteiger partial charge in [0.05, 0.1) is 19.9 Å². The predicted molar refractivity (Wildman–Crippen MR) is 130 cm³/mol. The van der Waals surface area contributed by atoms with Gasteiger partial charge in [-0.2, -0.15) is 10.1 Å². The van der Waals surface area contributed by atoms with E-state index in [1.807, 2.05) is 71.4 Å². The van der Waals surface area contributed by atoms with Gasteiger partial charge in [-0.25, -0.2) is 4.68 Å². The molecule has 0 amide bonds. The predicted octanol–water partition coefficient (Wildman–Crippen LogP) is 5.51. The summed E-state index contributed by atoms with van der Waals surface area (Å²) in [6.45, 7) is 0. The molecular weight excluding hydrogens is 452 g/mol. The SMILES string of the molecule is COc1ccc([C@H]2Oc3ccc(Cl)cc3C3=C2[C@@H](c2ccc(OC)cc2)n2ncnc2N3)cc1. The second-order valence-electron chi connectivity index (χ2n) is 8.07. The minimum absolute atomic E-state index is 0.251. The van der Waals surface area contributed by atoms with Gasteiger partial charge in [-0.05, 0) is 53.6 Å². The highest BCUT2D eigenvalue weighted by Crippen LogP contribution is 2.51. The Morgan fingerprint density at radius 3 is 2.26 bits per heavy atom. The molecule has 0 saturated heterocycles. The average molecular weight is 473 g/mol. The van der Waals surface area contributed by atoms with Crippen molar-refractivity contribution in [1.82, 2.24) is 14.8 Å². The summed E-state index contributed by atoms with van der Waals surface area (Å²) in [4.78, 5) is 4.46. The molecule has 0 spiro atoms. The lowest BCUT2D eigenvalue weighted by Gasteiger charge is -2.39. The maximum atomic E-state index is 6.62. The number of aromatic nitrogens is 3. The molecular formula is C26H21ClN4O3. The molecule has 0 aliphatic carbocycles. The van der Waals surface area contributed by atoms with Crippen molar-refractivity contribution in [3.63, 3.8) is 0 Å². The molecule has 0 radical (unpaired) electrons. The molecule has 170 valence electrons. The van der Waals surface area contributed by atoms with Gasteiger partial charge in [-0.15, -0.1) is 0 Å². The van der Waals surface area contributed by atoms with Crippen LogP contribution in [0.1, 0.15) is 28.8 Å². The zero-order valence-corrected chi connectivity index (χ0v) is 19.3. The summed E-state index contributed by atoms with van der Waals surface area (Å²) in [5, 5.41) is 8.67. The summed E-state index contributed by atoms with van der Waals surface area (Å²) in [6.07, 6.45) is 1.19. The summed E-state index contributed by atoms with van der Waals surface area (Å²) >= 11 is 6.39. The van der Waals surface area contributed by atoms with Gasteiger partial charge in [0, 0.05) is 16.2 Å². The Balaban J connectivity index is 1.59. The molecule has 2 aliphatic rings.